The van der Waals surface area contributed by atoms with Crippen molar-refractivity contribution in [2.24, 2.45) is 0 Å². The summed E-state index contributed by atoms with van der Waals surface area (Å²) in [6, 6.07) is 4.15. The Morgan fingerprint density at radius 2 is 2.08 bits per heavy atom. The van der Waals surface area contributed by atoms with Gasteiger partial charge in [-0.15, -0.1) is 0 Å². The van der Waals surface area contributed by atoms with Crippen LogP contribution in [0.15, 0.2) is 23.1 Å². The minimum Gasteiger partial charge on any atom is -0.482 e. The van der Waals surface area contributed by atoms with Gasteiger partial charge in [-0.25, -0.2) is 13.1 Å². The highest BCUT2D eigenvalue weighted by Gasteiger charge is 2.16. The first-order chi connectivity index (χ1) is 11.8. The molecular weight excluding hydrogens is 368 g/mol. The van der Waals surface area contributed by atoms with E-state index in [4.69, 9.17) is 21.1 Å². The largest absolute Gasteiger partial charge is 0.482 e. The van der Waals surface area contributed by atoms with Crippen LogP contribution in [0, 0.1) is 0 Å². The molecule has 0 saturated carbocycles. The third-order valence-corrected chi connectivity index (χ3v) is 5.05. The molecule has 0 unspecified atom stereocenters. The fourth-order valence-electron chi connectivity index (χ4n) is 2.09. The number of halogens is 1. The molecule has 0 radical (unpaired) electrons. The summed E-state index contributed by atoms with van der Waals surface area (Å²) in [5.74, 6) is -0.00857. The number of nitrogens with one attached hydrogen (secondary N) is 2. The van der Waals surface area contributed by atoms with Crippen molar-refractivity contribution in [3.05, 3.63) is 23.2 Å². The van der Waals surface area contributed by atoms with E-state index in [1.54, 1.807) is 0 Å². The first kappa shape index (κ1) is 21.7. The minimum atomic E-state index is -3.67. The molecule has 1 atom stereocenters. The lowest BCUT2D eigenvalue weighted by Gasteiger charge is -2.14. The standard InChI is InChI=1S/C16H25ClN2O5S/c1-4-5-12(2)19-16(20)11-24-15-7-6-13(10-14(15)17)25(21,22)18-8-9-23-3/h6-7,10,12,18H,4-5,8-9,11H2,1-3H3,(H,19,20)/t12-/m1/s1. The van der Waals surface area contributed by atoms with Gasteiger partial charge in [-0.05, 0) is 31.5 Å². The van der Waals surface area contributed by atoms with Crippen LogP contribution < -0.4 is 14.8 Å². The van der Waals surface area contributed by atoms with Crippen LogP contribution in [0.3, 0.4) is 0 Å². The number of carbonyl (C=O) groups excluding carboxylic acids is 1. The van der Waals surface area contributed by atoms with Crippen molar-refractivity contribution in [1.29, 1.82) is 0 Å². The molecule has 1 amide bonds. The van der Waals surface area contributed by atoms with Crippen molar-refractivity contribution in [1.82, 2.24) is 10.0 Å². The summed E-state index contributed by atoms with van der Waals surface area (Å²) in [5, 5.41) is 2.92. The van der Waals surface area contributed by atoms with Crippen LogP contribution in [-0.2, 0) is 19.6 Å². The van der Waals surface area contributed by atoms with E-state index in [0.717, 1.165) is 12.8 Å². The number of hydrogen-bond acceptors (Lipinski definition) is 5. The second-order valence-electron chi connectivity index (χ2n) is 5.53. The van der Waals surface area contributed by atoms with Crippen LogP contribution in [-0.4, -0.2) is 47.2 Å². The summed E-state index contributed by atoms with van der Waals surface area (Å²) in [7, 11) is -2.19. The molecule has 0 aliphatic heterocycles. The molecule has 2 N–H and O–H groups in total. The Hall–Kier alpha value is -1.35. The molecule has 7 nitrogen and oxygen atoms in total. The van der Waals surface area contributed by atoms with E-state index in [-0.39, 0.29) is 47.4 Å². The molecule has 9 heteroatoms. The Morgan fingerprint density at radius 1 is 1.36 bits per heavy atom. The molecule has 1 aromatic rings. The molecule has 0 aromatic heterocycles. The molecule has 25 heavy (non-hydrogen) atoms. The van der Waals surface area contributed by atoms with Gasteiger partial charge >= 0.3 is 0 Å². The van der Waals surface area contributed by atoms with Gasteiger partial charge in [-0.3, -0.25) is 4.79 Å². The van der Waals surface area contributed by atoms with Crippen molar-refractivity contribution in [3.63, 3.8) is 0 Å². The second-order valence-corrected chi connectivity index (χ2v) is 7.70. The number of sulfonamides is 1. The van der Waals surface area contributed by atoms with Gasteiger partial charge in [0.15, 0.2) is 6.61 Å². The maximum absolute atomic E-state index is 12.1. The van der Waals surface area contributed by atoms with E-state index in [0.29, 0.717) is 0 Å². The van der Waals surface area contributed by atoms with Gasteiger partial charge in [-0.2, -0.15) is 0 Å². The molecule has 0 aliphatic rings. The lowest BCUT2D eigenvalue weighted by atomic mass is 10.2. The van der Waals surface area contributed by atoms with Crippen LogP contribution >= 0.6 is 11.6 Å². The summed E-state index contributed by atoms with van der Waals surface area (Å²) in [6.07, 6.45) is 1.86. The Bertz CT molecular complexity index is 666. The zero-order chi connectivity index (χ0) is 18.9. The minimum absolute atomic E-state index is 0.0157. The second kappa shape index (κ2) is 10.6. The van der Waals surface area contributed by atoms with Crippen molar-refractivity contribution in [2.45, 2.75) is 37.6 Å². The fourth-order valence-corrected chi connectivity index (χ4v) is 3.43. The third kappa shape index (κ3) is 7.60. The number of amides is 1. The molecule has 0 aliphatic carbocycles. The van der Waals surface area contributed by atoms with Gasteiger partial charge in [0.05, 0.1) is 16.5 Å². The van der Waals surface area contributed by atoms with Crippen LogP contribution in [0.5, 0.6) is 5.75 Å². The molecule has 0 fully saturated rings. The van der Waals surface area contributed by atoms with Crippen molar-refractivity contribution in [3.8, 4) is 5.75 Å². The maximum atomic E-state index is 12.1. The smallest absolute Gasteiger partial charge is 0.258 e. The monoisotopic (exact) mass is 392 g/mol. The predicted molar refractivity (Wildman–Crippen MR) is 96.5 cm³/mol. The summed E-state index contributed by atoms with van der Waals surface area (Å²) in [4.78, 5) is 11.8. The van der Waals surface area contributed by atoms with Gasteiger partial charge in [0, 0.05) is 19.7 Å². The van der Waals surface area contributed by atoms with Crippen LogP contribution in [0.25, 0.3) is 0 Å². The van der Waals surface area contributed by atoms with Crippen LogP contribution in [0.2, 0.25) is 5.02 Å². The lowest BCUT2D eigenvalue weighted by molar-refractivity contribution is -0.123. The normalized spacial score (nSPS) is 12.6. The average Bonchev–Trinajstić information content (AvgIpc) is 2.54. The van der Waals surface area contributed by atoms with Gasteiger partial charge in [0.2, 0.25) is 10.0 Å². The van der Waals surface area contributed by atoms with E-state index in [1.165, 1.54) is 25.3 Å². The van der Waals surface area contributed by atoms with Gasteiger partial charge in [0.1, 0.15) is 5.75 Å². The number of carbonyl (C=O) groups is 1. The van der Waals surface area contributed by atoms with E-state index < -0.39 is 10.0 Å². The van der Waals surface area contributed by atoms with Crippen LogP contribution in [0.4, 0.5) is 0 Å². The number of rotatable bonds is 11. The summed E-state index contributed by atoms with van der Waals surface area (Å²) in [5.41, 5.74) is 0. The van der Waals surface area contributed by atoms with E-state index >= 15 is 0 Å². The van der Waals surface area contributed by atoms with Crippen molar-refractivity contribution < 1.29 is 22.7 Å². The third-order valence-electron chi connectivity index (χ3n) is 3.30. The van der Waals surface area contributed by atoms with E-state index in [1.807, 2.05) is 13.8 Å². The quantitative estimate of drug-likeness (QED) is 0.561. The molecule has 0 bridgehead atoms. The molecule has 1 aromatic carbocycles. The zero-order valence-electron chi connectivity index (χ0n) is 14.7. The highest BCUT2D eigenvalue weighted by atomic mass is 35.5. The summed E-state index contributed by atoms with van der Waals surface area (Å²) >= 11 is 6.06. The zero-order valence-corrected chi connectivity index (χ0v) is 16.2. The van der Waals surface area contributed by atoms with Crippen LogP contribution in [0.1, 0.15) is 26.7 Å². The van der Waals surface area contributed by atoms with Gasteiger partial charge in [-0.1, -0.05) is 24.9 Å². The highest BCUT2D eigenvalue weighted by Crippen LogP contribution is 2.27. The Morgan fingerprint density at radius 3 is 2.68 bits per heavy atom. The average molecular weight is 393 g/mol. The fraction of sp³-hybridized carbons (Fsp3) is 0.562. The molecule has 0 spiro atoms. The predicted octanol–water partition coefficient (Wildman–Crippen LogP) is 1.95. The topological polar surface area (TPSA) is 93.7 Å². The first-order valence-electron chi connectivity index (χ1n) is 8.00. The molecular formula is C16H25ClN2O5S. The Kier molecular flexibility index (Phi) is 9.20. The summed E-state index contributed by atoms with van der Waals surface area (Å²) in [6.45, 7) is 4.19. The number of benzene rings is 1. The highest BCUT2D eigenvalue weighted by molar-refractivity contribution is 7.89. The Labute approximate surface area is 154 Å². The van der Waals surface area contributed by atoms with Gasteiger partial charge < -0.3 is 14.8 Å². The number of methoxy groups -OCH3 is 1. The van der Waals surface area contributed by atoms with Gasteiger partial charge in [0.25, 0.3) is 5.91 Å². The van der Waals surface area contributed by atoms with E-state index in [2.05, 4.69) is 10.0 Å². The van der Waals surface area contributed by atoms with Crippen molar-refractivity contribution >= 4 is 27.5 Å². The molecule has 0 saturated heterocycles. The molecule has 1 rings (SSSR count). The van der Waals surface area contributed by atoms with Crippen molar-refractivity contribution in [2.75, 3.05) is 26.9 Å². The number of ether oxygens (including phenoxy) is 2. The summed E-state index contributed by atoms with van der Waals surface area (Å²) < 4.78 is 36.7. The SMILES string of the molecule is CCC[C@@H](C)NC(=O)COc1ccc(S(=O)(=O)NCCOC)cc1Cl. The number of hydrogen-bond donors (Lipinski definition) is 2. The lowest BCUT2D eigenvalue weighted by Crippen LogP contribution is -2.36. The van der Waals surface area contributed by atoms with E-state index in [9.17, 15) is 13.2 Å². The molecule has 0 heterocycles. The first-order valence-corrected chi connectivity index (χ1v) is 9.86. The maximum Gasteiger partial charge on any atom is 0.258 e. The molecule has 142 valence electrons. The Balaban J connectivity index is 2.65.